The smallest absolute Gasteiger partial charge is 0.251 e. The van der Waals surface area contributed by atoms with Crippen molar-refractivity contribution in [2.24, 2.45) is 5.73 Å². The van der Waals surface area contributed by atoms with Crippen LogP contribution in [0.1, 0.15) is 60.7 Å². The molecule has 0 radical (unpaired) electrons. The van der Waals surface area contributed by atoms with Crippen molar-refractivity contribution < 1.29 is 9.59 Å². The molecule has 0 heterocycles. The molecule has 1 amide bonds. The highest BCUT2D eigenvalue weighted by Gasteiger charge is 2.26. The van der Waals surface area contributed by atoms with Crippen LogP contribution in [0.25, 0.3) is 0 Å². The molecule has 3 N–H and O–H groups in total. The molecule has 0 aromatic heterocycles. The van der Waals surface area contributed by atoms with Crippen molar-refractivity contribution in [2.75, 3.05) is 6.54 Å². The maximum atomic E-state index is 12.2. The third kappa shape index (κ3) is 4.83. The predicted octanol–water partition coefficient (Wildman–Crippen LogP) is 2.95. The van der Waals surface area contributed by atoms with E-state index in [1.165, 1.54) is 0 Å². The van der Waals surface area contributed by atoms with E-state index in [9.17, 15) is 9.59 Å². The van der Waals surface area contributed by atoms with Gasteiger partial charge in [-0.3, -0.25) is 9.59 Å². The molecule has 1 rings (SSSR count). The Bertz CT molecular complexity index is 459. The second kappa shape index (κ2) is 8.80. The average molecular weight is 313 g/mol. The fourth-order valence-electron chi connectivity index (χ4n) is 2.09. The Morgan fingerprint density at radius 1 is 1.05 bits per heavy atom. The summed E-state index contributed by atoms with van der Waals surface area (Å²) >= 11 is 0. The van der Waals surface area contributed by atoms with E-state index in [0.29, 0.717) is 24.1 Å². The van der Waals surface area contributed by atoms with Gasteiger partial charge in [0.1, 0.15) is 0 Å². The lowest BCUT2D eigenvalue weighted by molar-refractivity contribution is 0.0893. The highest BCUT2D eigenvalue weighted by Crippen LogP contribution is 2.15. The van der Waals surface area contributed by atoms with Gasteiger partial charge in [0.15, 0.2) is 5.78 Å². The predicted molar refractivity (Wildman–Crippen MR) is 88.1 cm³/mol. The van der Waals surface area contributed by atoms with Crippen LogP contribution in [0.2, 0.25) is 0 Å². The first-order valence-electron chi connectivity index (χ1n) is 7.17. The van der Waals surface area contributed by atoms with Gasteiger partial charge in [0, 0.05) is 24.1 Å². The van der Waals surface area contributed by atoms with Gasteiger partial charge in [-0.05, 0) is 25.0 Å². The van der Waals surface area contributed by atoms with Crippen LogP contribution in [-0.2, 0) is 0 Å². The second-order valence-electron chi connectivity index (χ2n) is 5.00. The quantitative estimate of drug-likeness (QED) is 0.760. The lowest BCUT2D eigenvalue weighted by Gasteiger charge is -2.31. The van der Waals surface area contributed by atoms with Crippen molar-refractivity contribution in [3.8, 4) is 0 Å². The normalized spacial score (nSPS) is 10.7. The molecule has 0 fully saturated rings. The number of ketones is 1. The lowest BCUT2D eigenvalue weighted by Crippen LogP contribution is -2.52. The summed E-state index contributed by atoms with van der Waals surface area (Å²) in [5.41, 5.74) is 6.62. The molecular weight excluding hydrogens is 288 g/mol. The van der Waals surface area contributed by atoms with E-state index in [0.717, 1.165) is 12.8 Å². The highest BCUT2D eigenvalue weighted by atomic mass is 35.5. The van der Waals surface area contributed by atoms with E-state index in [4.69, 9.17) is 5.73 Å². The molecule has 0 spiro atoms. The van der Waals surface area contributed by atoms with Crippen molar-refractivity contribution in [3.05, 3.63) is 35.4 Å². The monoisotopic (exact) mass is 312 g/mol. The maximum absolute atomic E-state index is 12.2. The first-order chi connectivity index (χ1) is 9.51. The fourth-order valence-corrected chi connectivity index (χ4v) is 2.09. The summed E-state index contributed by atoms with van der Waals surface area (Å²) in [7, 11) is 0. The van der Waals surface area contributed by atoms with Crippen LogP contribution in [0.3, 0.4) is 0 Å². The van der Waals surface area contributed by atoms with Crippen molar-refractivity contribution in [1.82, 2.24) is 5.32 Å². The number of hydrogen-bond acceptors (Lipinski definition) is 3. The average Bonchev–Trinajstić information content (AvgIpc) is 2.52. The number of carbonyl (C=O) groups excluding carboxylic acids is 2. The number of hydrogen-bond donors (Lipinski definition) is 2. The Morgan fingerprint density at radius 2 is 1.52 bits per heavy atom. The molecule has 0 saturated carbocycles. The van der Waals surface area contributed by atoms with Gasteiger partial charge in [0.25, 0.3) is 5.91 Å². The topological polar surface area (TPSA) is 72.2 Å². The standard InChI is InChI=1S/C16H24N2O2.ClH/c1-4-14(19)12-7-9-13(10-8-12)15(20)18-16(5-2,6-3)11-17;/h7-10H,4-6,11,17H2,1-3H3,(H,18,20);1H. The van der Waals surface area contributed by atoms with Crippen molar-refractivity contribution >= 4 is 24.1 Å². The van der Waals surface area contributed by atoms with Gasteiger partial charge in [-0.1, -0.05) is 32.9 Å². The van der Waals surface area contributed by atoms with Crippen LogP contribution in [0.4, 0.5) is 0 Å². The van der Waals surface area contributed by atoms with Gasteiger partial charge >= 0.3 is 0 Å². The van der Waals surface area contributed by atoms with E-state index < -0.39 is 0 Å². The molecule has 0 atom stereocenters. The molecular formula is C16H25ClN2O2. The van der Waals surface area contributed by atoms with E-state index >= 15 is 0 Å². The zero-order valence-corrected chi connectivity index (χ0v) is 13.8. The van der Waals surface area contributed by atoms with Crippen LogP contribution < -0.4 is 11.1 Å². The Kier molecular flexibility index (Phi) is 8.22. The Labute approximate surface area is 132 Å². The lowest BCUT2D eigenvalue weighted by atomic mass is 9.92. The van der Waals surface area contributed by atoms with Gasteiger partial charge in [0.05, 0.1) is 5.54 Å². The van der Waals surface area contributed by atoms with Gasteiger partial charge in [-0.2, -0.15) is 0 Å². The molecule has 4 nitrogen and oxygen atoms in total. The molecule has 21 heavy (non-hydrogen) atoms. The Hall–Kier alpha value is -1.39. The third-order valence-electron chi connectivity index (χ3n) is 3.91. The molecule has 5 heteroatoms. The molecule has 118 valence electrons. The highest BCUT2D eigenvalue weighted by molar-refractivity contribution is 5.98. The van der Waals surface area contributed by atoms with Crippen LogP contribution in [-0.4, -0.2) is 23.8 Å². The summed E-state index contributed by atoms with van der Waals surface area (Å²) in [5, 5.41) is 3.01. The molecule has 0 saturated heterocycles. The zero-order chi connectivity index (χ0) is 15.2. The molecule has 1 aromatic carbocycles. The number of nitrogens with one attached hydrogen (secondary N) is 1. The summed E-state index contributed by atoms with van der Waals surface area (Å²) < 4.78 is 0. The fraction of sp³-hybridized carbons (Fsp3) is 0.500. The minimum absolute atomic E-state index is 0. The van der Waals surface area contributed by atoms with Crippen molar-refractivity contribution in [2.45, 2.75) is 45.6 Å². The molecule has 1 aromatic rings. The van der Waals surface area contributed by atoms with E-state index in [-0.39, 0.29) is 29.6 Å². The molecule has 0 bridgehead atoms. The van der Waals surface area contributed by atoms with Gasteiger partial charge < -0.3 is 11.1 Å². The van der Waals surface area contributed by atoms with Gasteiger partial charge in [-0.15, -0.1) is 12.4 Å². The first-order valence-corrected chi connectivity index (χ1v) is 7.17. The SMILES string of the molecule is CCC(=O)c1ccc(C(=O)NC(CC)(CC)CN)cc1.Cl. The largest absolute Gasteiger partial charge is 0.345 e. The van der Waals surface area contributed by atoms with Crippen LogP contribution in [0, 0.1) is 0 Å². The minimum atomic E-state index is -0.352. The first kappa shape index (κ1) is 19.6. The van der Waals surface area contributed by atoms with Crippen molar-refractivity contribution in [1.29, 1.82) is 0 Å². The van der Waals surface area contributed by atoms with Crippen molar-refractivity contribution in [3.63, 3.8) is 0 Å². The van der Waals surface area contributed by atoms with Crippen LogP contribution >= 0.6 is 12.4 Å². The minimum Gasteiger partial charge on any atom is -0.345 e. The Morgan fingerprint density at radius 3 is 1.90 bits per heavy atom. The Balaban J connectivity index is 0.00000400. The molecule has 0 unspecified atom stereocenters. The number of benzene rings is 1. The van der Waals surface area contributed by atoms with E-state index in [1.807, 2.05) is 20.8 Å². The van der Waals surface area contributed by atoms with Gasteiger partial charge in [0.2, 0.25) is 0 Å². The number of rotatable bonds is 7. The van der Waals surface area contributed by atoms with Gasteiger partial charge in [-0.25, -0.2) is 0 Å². The molecule has 0 aliphatic carbocycles. The summed E-state index contributed by atoms with van der Waals surface area (Å²) in [5.74, 6) is -0.0648. The number of nitrogens with two attached hydrogens (primary N) is 1. The summed E-state index contributed by atoms with van der Waals surface area (Å²) in [6.45, 7) is 6.26. The summed E-state index contributed by atoms with van der Waals surface area (Å²) in [4.78, 5) is 23.8. The second-order valence-corrected chi connectivity index (χ2v) is 5.00. The maximum Gasteiger partial charge on any atom is 0.251 e. The molecule has 0 aliphatic rings. The number of halogens is 1. The third-order valence-corrected chi connectivity index (χ3v) is 3.91. The summed E-state index contributed by atoms with van der Waals surface area (Å²) in [6.07, 6.45) is 2.05. The number of carbonyl (C=O) groups is 2. The summed E-state index contributed by atoms with van der Waals surface area (Å²) in [6, 6.07) is 6.77. The van der Waals surface area contributed by atoms with Crippen LogP contribution in [0.15, 0.2) is 24.3 Å². The molecule has 0 aliphatic heterocycles. The number of amides is 1. The van der Waals surface area contributed by atoms with Crippen LogP contribution in [0.5, 0.6) is 0 Å². The van der Waals surface area contributed by atoms with E-state index in [2.05, 4.69) is 5.32 Å². The zero-order valence-electron chi connectivity index (χ0n) is 12.9. The number of Topliss-reactive ketones (excluding diaryl/α,β-unsaturated/α-hetero) is 1. The van der Waals surface area contributed by atoms with E-state index in [1.54, 1.807) is 24.3 Å².